The minimum atomic E-state index is 0.114. The van der Waals surface area contributed by atoms with Gasteiger partial charge in [-0.15, -0.1) is 0 Å². The van der Waals surface area contributed by atoms with Crippen molar-refractivity contribution in [2.45, 2.75) is 70.9 Å². The number of hydrogen-bond acceptors (Lipinski definition) is 2. The molecule has 0 radical (unpaired) electrons. The van der Waals surface area contributed by atoms with Crippen LogP contribution in [0.15, 0.2) is 24.3 Å². The van der Waals surface area contributed by atoms with Crippen LogP contribution in [0, 0.1) is 5.92 Å². The number of para-hydroxylation sites is 1. The maximum absolute atomic E-state index is 6.59. The summed E-state index contributed by atoms with van der Waals surface area (Å²) in [7, 11) is 0. The van der Waals surface area contributed by atoms with Crippen LogP contribution < -0.4 is 10.5 Å². The van der Waals surface area contributed by atoms with E-state index in [0.717, 1.165) is 5.75 Å². The molecule has 1 saturated carbocycles. The summed E-state index contributed by atoms with van der Waals surface area (Å²) in [6.07, 6.45) is 9.50. The molecule has 1 aliphatic rings. The van der Waals surface area contributed by atoms with Gasteiger partial charge >= 0.3 is 0 Å². The molecule has 1 fully saturated rings. The largest absolute Gasteiger partial charge is 0.491 e. The normalized spacial score (nSPS) is 19.4. The fourth-order valence-corrected chi connectivity index (χ4v) is 3.22. The number of benzene rings is 1. The predicted octanol–water partition coefficient (Wildman–Crippen LogP) is 4.83. The molecule has 0 aliphatic heterocycles. The minimum Gasteiger partial charge on any atom is -0.491 e. The summed E-state index contributed by atoms with van der Waals surface area (Å²) in [5.41, 5.74) is 7.77. The maximum Gasteiger partial charge on any atom is 0.124 e. The predicted molar refractivity (Wildman–Crippen MR) is 84.9 cm³/mol. The van der Waals surface area contributed by atoms with Crippen LogP contribution in [-0.4, -0.2) is 6.10 Å². The van der Waals surface area contributed by atoms with Gasteiger partial charge in [0.2, 0.25) is 0 Å². The van der Waals surface area contributed by atoms with E-state index in [1.54, 1.807) is 0 Å². The molecule has 1 aromatic rings. The highest BCUT2D eigenvalue weighted by Gasteiger charge is 2.23. The van der Waals surface area contributed by atoms with Crippen molar-refractivity contribution in [2.24, 2.45) is 11.7 Å². The fourth-order valence-electron chi connectivity index (χ4n) is 3.22. The van der Waals surface area contributed by atoms with Gasteiger partial charge in [0.25, 0.3) is 0 Å². The lowest BCUT2D eigenvalue weighted by Crippen LogP contribution is -2.23. The molecule has 112 valence electrons. The Kier molecular flexibility index (Phi) is 5.90. The van der Waals surface area contributed by atoms with Gasteiger partial charge in [0.1, 0.15) is 5.75 Å². The first-order valence-corrected chi connectivity index (χ1v) is 8.19. The van der Waals surface area contributed by atoms with Crippen LogP contribution in [-0.2, 0) is 0 Å². The first kappa shape index (κ1) is 15.4. The van der Waals surface area contributed by atoms with Crippen LogP contribution in [0.1, 0.15) is 70.4 Å². The zero-order valence-electron chi connectivity index (χ0n) is 13.0. The monoisotopic (exact) mass is 275 g/mol. The van der Waals surface area contributed by atoms with Crippen LogP contribution in [0.2, 0.25) is 0 Å². The van der Waals surface area contributed by atoms with Gasteiger partial charge in [-0.2, -0.15) is 0 Å². The molecule has 1 unspecified atom stereocenters. The summed E-state index contributed by atoms with van der Waals surface area (Å²) in [6.45, 7) is 4.14. The molecular weight excluding hydrogens is 246 g/mol. The van der Waals surface area contributed by atoms with Crippen molar-refractivity contribution in [3.8, 4) is 5.75 Å². The third-order valence-corrected chi connectivity index (χ3v) is 4.30. The van der Waals surface area contributed by atoms with E-state index in [4.69, 9.17) is 10.5 Å². The fraction of sp³-hybridized carbons (Fsp3) is 0.667. The van der Waals surface area contributed by atoms with Crippen molar-refractivity contribution in [3.63, 3.8) is 0 Å². The Morgan fingerprint density at radius 2 is 1.60 bits per heavy atom. The number of nitrogens with two attached hydrogens (primary N) is 1. The molecule has 0 spiro atoms. The molecule has 0 heterocycles. The van der Waals surface area contributed by atoms with Crippen molar-refractivity contribution >= 4 is 0 Å². The van der Waals surface area contributed by atoms with Crippen LogP contribution in [0.25, 0.3) is 0 Å². The van der Waals surface area contributed by atoms with Crippen LogP contribution in [0.4, 0.5) is 0 Å². The Morgan fingerprint density at radius 3 is 2.25 bits per heavy atom. The average Bonchev–Trinajstić information content (AvgIpc) is 2.37. The summed E-state index contributed by atoms with van der Waals surface area (Å²) in [5.74, 6) is 1.57. The first-order valence-electron chi connectivity index (χ1n) is 8.19. The van der Waals surface area contributed by atoms with Crippen LogP contribution in [0.3, 0.4) is 0 Å². The third-order valence-electron chi connectivity index (χ3n) is 4.30. The van der Waals surface area contributed by atoms with Crippen molar-refractivity contribution in [1.29, 1.82) is 0 Å². The molecule has 2 rings (SSSR count). The molecule has 1 atom stereocenters. The molecule has 1 aliphatic carbocycles. The molecule has 0 amide bonds. The van der Waals surface area contributed by atoms with Gasteiger partial charge in [0, 0.05) is 11.6 Å². The Hall–Kier alpha value is -1.02. The van der Waals surface area contributed by atoms with Crippen LogP contribution in [0.5, 0.6) is 5.75 Å². The van der Waals surface area contributed by atoms with Crippen molar-refractivity contribution in [3.05, 3.63) is 29.8 Å². The Morgan fingerprint density at radius 1 is 1.00 bits per heavy atom. The van der Waals surface area contributed by atoms with E-state index in [1.807, 2.05) is 6.07 Å². The van der Waals surface area contributed by atoms with E-state index >= 15 is 0 Å². The van der Waals surface area contributed by atoms with E-state index in [9.17, 15) is 0 Å². The Labute approximate surface area is 123 Å². The first-order chi connectivity index (χ1) is 9.68. The lowest BCUT2D eigenvalue weighted by Gasteiger charge is -2.28. The molecule has 0 bridgehead atoms. The van der Waals surface area contributed by atoms with Crippen molar-refractivity contribution in [1.82, 2.24) is 0 Å². The summed E-state index contributed by atoms with van der Waals surface area (Å²) < 4.78 is 5.93. The minimum absolute atomic E-state index is 0.114. The van der Waals surface area contributed by atoms with Crippen molar-refractivity contribution in [2.75, 3.05) is 0 Å². The zero-order chi connectivity index (χ0) is 14.4. The molecule has 20 heavy (non-hydrogen) atoms. The van der Waals surface area contributed by atoms with Gasteiger partial charge in [0.05, 0.1) is 6.10 Å². The van der Waals surface area contributed by atoms with Gasteiger partial charge in [-0.3, -0.25) is 0 Å². The Balaban J connectivity index is 2.12. The van der Waals surface area contributed by atoms with E-state index in [1.165, 1.54) is 50.5 Å². The van der Waals surface area contributed by atoms with Gasteiger partial charge in [-0.1, -0.05) is 50.3 Å². The SMILES string of the molecule is CC(C)Oc1ccccc1C(N)C1CCCCCCC1. The molecule has 0 aromatic heterocycles. The van der Waals surface area contributed by atoms with Crippen molar-refractivity contribution < 1.29 is 4.74 Å². The zero-order valence-corrected chi connectivity index (χ0v) is 13.0. The maximum atomic E-state index is 6.59. The summed E-state index contributed by atoms with van der Waals surface area (Å²) >= 11 is 0. The lowest BCUT2D eigenvalue weighted by molar-refractivity contribution is 0.234. The van der Waals surface area contributed by atoms with Gasteiger partial charge < -0.3 is 10.5 Å². The van der Waals surface area contributed by atoms with Gasteiger partial charge in [-0.25, -0.2) is 0 Å². The third kappa shape index (κ3) is 4.24. The van der Waals surface area contributed by atoms with Gasteiger partial charge in [-0.05, 0) is 38.7 Å². The lowest BCUT2D eigenvalue weighted by atomic mass is 9.83. The summed E-state index contributed by atoms with van der Waals surface area (Å²) in [6, 6.07) is 8.42. The average molecular weight is 275 g/mol. The van der Waals surface area contributed by atoms with Crippen LogP contribution >= 0.6 is 0 Å². The number of rotatable bonds is 4. The Bertz CT molecular complexity index is 394. The highest BCUT2D eigenvalue weighted by molar-refractivity contribution is 5.36. The van der Waals surface area contributed by atoms with E-state index in [0.29, 0.717) is 5.92 Å². The highest BCUT2D eigenvalue weighted by Crippen LogP contribution is 2.35. The standard InChI is InChI=1S/C18H29NO/c1-14(2)20-17-13-9-8-12-16(17)18(19)15-10-6-4-3-5-7-11-15/h8-9,12-15,18H,3-7,10-11,19H2,1-2H3. The second kappa shape index (κ2) is 7.68. The molecule has 1 aromatic carbocycles. The molecule has 2 heteroatoms. The van der Waals surface area contributed by atoms with Gasteiger partial charge in [0.15, 0.2) is 0 Å². The molecule has 0 saturated heterocycles. The smallest absolute Gasteiger partial charge is 0.124 e. The van der Waals surface area contributed by atoms with E-state index in [2.05, 4.69) is 32.0 Å². The molecule has 2 N–H and O–H groups in total. The summed E-state index contributed by atoms with van der Waals surface area (Å²) in [5, 5.41) is 0. The topological polar surface area (TPSA) is 35.2 Å². The molecule has 2 nitrogen and oxygen atoms in total. The second-order valence-electron chi connectivity index (χ2n) is 6.34. The summed E-state index contributed by atoms with van der Waals surface area (Å²) in [4.78, 5) is 0. The quantitative estimate of drug-likeness (QED) is 0.853. The highest BCUT2D eigenvalue weighted by atomic mass is 16.5. The second-order valence-corrected chi connectivity index (χ2v) is 6.34. The number of ether oxygens (including phenoxy) is 1. The number of hydrogen-bond donors (Lipinski definition) is 1. The molecular formula is C18H29NO. The van der Waals surface area contributed by atoms with E-state index < -0.39 is 0 Å². The van der Waals surface area contributed by atoms with E-state index in [-0.39, 0.29) is 12.1 Å².